The van der Waals surface area contributed by atoms with Crippen LogP contribution in [-0.4, -0.2) is 54.1 Å². The van der Waals surface area contributed by atoms with Crippen molar-refractivity contribution in [2.75, 3.05) is 38.2 Å². The number of carbonyl (C=O) groups excluding carboxylic acids is 1. The Bertz CT molecular complexity index is 1300. The topological polar surface area (TPSA) is 88.0 Å². The Morgan fingerprint density at radius 3 is 2.56 bits per heavy atom. The second-order valence-electron chi connectivity index (χ2n) is 7.62. The van der Waals surface area contributed by atoms with Gasteiger partial charge in [0.15, 0.2) is 5.11 Å². The van der Waals surface area contributed by atoms with Gasteiger partial charge in [-0.2, -0.15) is 0 Å². The number of nitro benzene ring substituents is 1. The number of hydrogen-bond donors (Lipinski definition) is 1. The number of nitro groups is 1. The minimum atomic E-state index is -0.437. The van der Waals surface area contributed by atoms with Gasteiger partial charge in [0, 0.05) is 37.3 Å². The number of rotatable bonds is 4. The van der Waals surface area contributed by atoms with Crippen LogP contribution < -0.4 is 15.0 Å². The number of piperazine rings is 1. The SMILES string of the molecule is COc1c(C(=O)NC(=S)N2CCN(c3ccc(Cl)cc3[N+](=O)[O-])CC2)cc2ccccc2c1Br. The molecule has 34 heavy (non-hydrogen) atoms. The molecule has 176 valence electrons. The molecule has 0 aliphatic carbocycles. The van der Waals surface area contributed by atoms with E-state index in [1.807, 2.05) is 34.1 Å². The molecule has 0 aromatic heterocycles. The van der Waals surface area contributed by atoms with Crippen molar-refractivity contribution in [2.24, 2.45) is 0 Å². The van der Waals surface area contributed by atoms with E-state index in [0.29, 0.717) is 57.8 Å². The molecule has 0 spiro atoms. The number of anilines is 1. The number of ether oxygens (including phenoxy) is 1. The maximum atomic E-state index is 13.1. The zero-order chi connectivity index (χ0) is 24.4. The number of nitrogens with zero attached hydrogens (tertiary/aromatic N) is 3. The fourth-order valence-corrected chi connectivity index (χ4v) is 5.13. The fraction of sp³-hybridized carbons (Fsp3) is 0.217. The van der Waals surface area contributed by atoms with Gasteiger partial charge in [0.2, 0.25) is 0 Å². The Kier molecular flexibility index (Phi) is 7.20. The van der Waals surface area contributed by atoms with E-state index in [4.69, 9.17) is 28.6 Å². The van der Waals surface area contributed by atoms with Gasteiger partial charge in [-0.15, -0.1) is 0 Å². The van der Waals surface area contributed by atoms with E-state index in [2.05, 4.69) is 21.2 Å². The van der Waals surface area contributed by atoms with Gasteiger partial charge < -0.3 is 14.5 Å². The predicted molar refractivity (Wildman–Crippen MR) is 140 cm³/mol. The van der Waals surface area contributed by atoms with Crippen LogP contribution in [0.25, 0.3) is 10.8 Å². The molecule has 0 atom stereocenters. The van der Waals surface area contributed by atoms with Crippen LogP contribution in [0.2, 0.25) is 5.02 Å². The third kappa shape index (κ3) is 4.79. The molecule has 8 nitrogen and oxygen atoms in total. The molecule has 3 aromatic carbocycles. The predicted octanol–water partition coefficient (Wildman–Crippen LogP) is 5.01. The van der Waals surface area contributed by atoms with Crippen molar-refractivity contribution in [3.63, 3.8) is 0 Å². The van der Waals surface area contributed by atoms with Crippen molar-refractivity contribution in [3.05, 3.63) is 73.7 Å². The lowest BCUT2D eigenvalue weighted by Gasteiger charge is -2.37. The van der Waals surface area contributed by atoms with E-state index in [1.54, 1.807) is 18.2 Å². The third-order valence-corrected chi connectivity index (χ3v) is 7.03. The summed E-state index contributed by atoms with van der Waals surface area (Å²) < 4.78 is 6.20. The summed E-state index contributed by atoms with van der Waals surface area (Å²) in [5.41, 5.74) is 0.839. The molecule has 1 aliphatic rings. The van der Waals surface area contributed by atoms with E-state index in [-0.39, 0.29) is 11.6 Å². The maximum absolute atomic E-state index is 13.1. The molecule has 11 heteroatoms. The Labute approximate surface area is 214 Å². The van der Waals surface area contributed by atoms with Crippen molar-refractivity contribution in [3.8, 4) is 5.75 Å². The summed E-state index contributed by atoms with van der Waals surface area (Å²) in [5.74, 6) is 0.0583. The lowest BCUT2D eigenvalue weighted by atomic mass is 10.1. The molecule has 4 rings (SSSR count). The third-order valence-electron chi connectivity index (χ3n) is 5.65. The Balaban J connectivity index is 1.46. The van der Waals surface area contributed by atoms with Crippen LogP contribution >= 0.6 is 39.7 Å². The van der Waals surface area contributed by atoms with Crippen LogP contribution in [0, 0.1) is 10.1 Å². The van der Waals surface area contributed by atoms with Crippen molar-refractivity contribution in [1.82, 2.24) is 10.2 Å². The summed E-state index contributed by atoms with van der Waals surface area (Å²) in [7, 11) is 1.51. The van der Waals surface area contributed by atoms with Crippen molar-refractivity contribution >= 4 is 72.9 Å². The van der Waals surface area contributed by atoms with Gasteiger partial charge in [0.1, 0.15) is 11.4 Å². The Morgan fingerprint density at radius 2 is 1.88 bits per heavy atom. The van der Waals surface area contributed by atoms with Crippen LogP contribution in [0.4, 0.5) is 11.4 Å². The van der Waals surface area contributed by atoms with Crippen LogP contribution in [0.15, 0.2) is 53.0 Å². The normalized spacial score (nSPS) is 13.6. The van der Waals surface area contributed by atoms with Gasteiger partial charge in [0.05, 0.1) is 22.1 Å². The minimum Gasteiger partial charge on any atom is -0.495 e. The molecular formula is C23H20BrClN4O4S. The second-order valence-corrected chi connectivity index (χ2v) is 9.23. The zero-order valence-corrected chi connectivity index (χ0v) is 21.2. The highest BCUT2D eigenvalue weighted by Gasteiger charge is 2.26. The molecule has 0 bridgehead atoms. The van der Waals surface area contributed by atoms with Crippen LogP contribution in [-0.2, 0) is 0 Å². The highest BCUT2D eigenvalue weighted by Crippen LogP contribution is 2.36. The van der Waals surface area contributed by atoms with Gasteiger partial charge in [-0.05, 0) is 57.1 Å². The van der Waals surface area contributed by atoms with E-state index in [0.717, 1.165) is 10.8 Å². The number of benzene rings is 3. The number of hydrogen-bond acceptors (Lipinski definition) is 6. The van der Waals surface area contributed by atoms with Crippen molar-refractivity contribution in [2.45, 2.75) is 0 Å². The number of nitrogens with one attached hydrogen (secondary N) is 1. The highest BCUT2D eigenvalue weighted by atomic mass is 79.9. The number of methoxy groups -OCH3 is 1. The minimum absolute atomic E-state index is 0.0363. The number of fused-ring (bicyclic) bond motifs is 1. The molecule has 0 unspecified atom stereocenters. The molecule has 1 saturated heterocycles. The average Bonchev–Trinajstić information content (AvgIpc) is 2.84. The molecule has 0 radical (unpaired) electrons. The first-order valence-electron chi connectivity index (χ1n) is 10.3. The van der Waals surface area contributed by atoms with Gasteiger partial charge in [-0.1, -0.05) is 35.9 Å². The highest BCUT2D eigenvalue weighted by molar-refractivity contribution is 9.10. The van der Waals surface area contributed by atoms with Crippen molar-refractivity contribution in [1.29, 1.82) is 0 Å². The number of thiocarbonyl (C=S) groups is 1. The maximum Gasteiger partial charge on any atom is 0.294 e. The van der Waals surface area contributed by atoms with E-state index >= 15 is 0 Å². The first-order chi connectivity index (χ1) is 16.3. The summed E-state index contributed by atoms with van der Waals surface area (Å²) in [4.78, 5) is 27.9. The summed E-state index contributed by atoms with van der Waals surface area (Å²) in [6.07, 6.45) is 0. The standard InChI is InChI=1S/C23H20BrClN4O4S/c1-33-21-17(12-14-4-2-3-5-16(14)20(21)24)22(30)26-23(34)28-10-8-27(9-11-28)18-7-6-15(25)13-19(18)29(31)32/h2-7,12-13H,8-11H2,1H3,(H,26,30,34). The zero-order valence-electron chi connectivity index (χ0n) is 18.1. The van der Waals surface area contributed by atoms with Crippen LogP contribution in [0.3, 0.4) is 0 Å². The van der Waals surface area contributed by atoms with Gasteiger partial charge in [0.25, 0.3) is 11.6 Å². The van der Waals surface area contributed by atoms with Gasteiger partial charge in [-0.3, -0.25) is 20.2 Å². The second kappa shape index (κ2) is 10.1. The Hall–Kier alpha value is -2.95. The van der Waals surface area contributed by atoms with E-state index in [1.165, 1.54) is 13.2 Å². The molecule has 1 fully saturated rings. The lowest BCUT2D eigenvalue weighted by Crippen LogP contribution is -2.52. The summed E-state index contributed by atoms with van der Waals surface area (Å²) in [6.45, 7) is 2.00. The molecule has 1 aliphatic heterocycles. The van der Waals surface area contributed by atoms with E-state index in [9.17, 15) is 14.9 Å². The van der Waals surface area contributed by atoms with Crippen LogP contribution in [0.5, 0.6) is 5.75 Å². The molecule has 1 amide bonds. The molecular weight excluding hydrogens is 544 g/mol. The average molecular weight is 564 g/mol. The fourth-order valence-electron chi connectivity index (χ4n) is 3.96. The van der Waals surface area contributed by atoms with Crippen LogP contribution in [0.1, 0.15) is 10.4 Å². The number of halogens is 2. The van der Waals surface area contributed by atoms with Crippen molar-refractivity contribution < 1.29 is 14.5 Å². The monoisotopic (exact) mass is 562 g/mol. The summed E-state index contributed by atoms with van der Waals surface area (Å²) in [5, 5.41) is 16.7. The Morgan fingerprint density at radius 1 is 1.18 bits per heavy atom. The van der Waals surface area contributed by atoms with Gasteiger partial charge >= 0.3 is 0 Å². The quantitative estimate of drug-likeness (QED) is 0.271. The first-order valence-corrected chi connectivity index (χ1v) is 11.9. The van der Waals surface area contributed by atoms with Gasteiger partial charge in [-0.25, -0.2) is 0 Å². The largest absolute Gasteiger partial charge is 0.495 e. The first kappa shape index (κ1) is 24.2. The number of carbonyl (C=O) groups is 1. The molecule has 0 saturated carbocycles. The molecule has 1 N–H and O–H groups in total. The summed E-state index contributed by atoms with van der Waals surface area (Å²) >= 11 is 15.0. The summed E-state index contributed by atoms with van der Waals surface area (Å²) in [6, 6.07) is 14.1. The smallest absolute Gasteiger partial charge is 0.294 e. The number of amides is 1. The molecule has 1 heterocycles. The molecule has 3 aromatic rings. The van der Waals surface area contributed by atoms with E-state index < -0.39 is 4.92 Å². The lowest BCUT2D eigenvalue weighted by molar-refractivity contribution is -0.384.